The SMILES string of the molecule is CCN(Cc1cccc(C)n1)C(=O)C(CC)(CC)C(N)=S. The Morgan fingerprint density at radius 1 is 1.33 bits per heavy atom. The fourth-order valence-electron chi connectivity index (χ4n) is 2.52. The minimum absolute atomic E-state index is 0.00538. The maximum Gasteiger partial charge on any atom is 0.235 e. The number of nitrogens with zero attached hydrogens (tertiary/aromatic N) is 2. The van der Waals surface area contributed by atoms with Crippen LogP contribution in [0.25, 0.3) is 0 Å². The molecule has 21 heavy (non-hydrogen) atoms. The Morgan fingerprint density at radius 2 is 1.95 bits per heavy atom. The van der Waals surface area contributed by atoms with Crippen molar-refractivity contribution in [1.82, 2.24) is 9.88 Å². The molecule has 0 aliphatic carbocycles. The Hall–Kier alpha value is -1.49. The molecule has 0 bridgehead atoms. The monoisotopic (exact) mass is 307 g/mol. The number of thiocarbonyl (C=S) groups is 1. The molecule has 1 heterocycles. The van der Waals surface area contributed by atoms with Gasteiger partial charge in [0.25, 0.3) is 0 Å². The molecule has 5 heteroatoms. The number of aryl methyl sites for hydroxylation is 1. The summed E-state index contributed by atoms with van der Waals surface area (Å²) in [5, 5.41) is 0. The molecule has 2 N–H and O–H groups in total. The molecule has 0 saturated heterocycles. The molecule has 0 radical (unpaired) electrons. The van der Waals surface area contributed by atoms with Gasteiger partial charge < -0.3 is 10.6 Å². The molecule has 116 valence electrons. The van der Waals surface area contributed by atoms with Crippen LogP contribution in [-0.2, 0) is 11.3 Å². The summed E-state index contributed by atoms with van der Waals surface area (Å²) in [5.74, 6) is 0.00538. The van der Waals surface area contributed by atoms with E-state index in [2.05, 4.69) is 4.98 Å². The number of hydrogen-bond acceptors (Lipinski definition) is 3. The van der Waals surface area contributed by atoms with Crippen molar-refractivity contribution in [2.75, 3.05) is 6.54 Å². The van der Waals surface area contributed by atoms with Crippen molar-refractivity contribution >= 4 is 23.1 Å². The standard InChI is InChI=1S/C16H25N3OS/c1-5-16(6-2,14(17)21)15(20)19(7-3)11-13-10-8-9-12(4)18-13/h8-10H,5-7,11H2,1-4H3,(H2,17,21). The highest BCUT2D eigenvalue weighted by Gasteiger charge is 2.40. The van der Waals surface area contributed by atoms with Gasteiger partial charge in [-0.1, -0.05) is 32.1 Å². The number of rotatable bonds is 7. The highest BCUT2D eigenvalue weighted by atomic mass is 32.1. The summed E-state index contributed by atoms with van der Waals surface area (Å²) in [5.41, 5.74) is 6.96. The first-order valence-corrected chi connectivity index (χ1v) is 7.83. The van der Waals surface area contributed by atoms with E-state index in [1.165, 1.54) is 0 Å². The van der Waals surface area contributed by atoms with Gasteiger partial charge in [0, 0.05) is 12.2 Å². The number of aromatic nitrogens is 1. The second-order valence-corrected chi connectivity index (χ2v) is 5.68. The number of amides is 1. The van der Waals surface area contributed by atoms with Crippen LogP contribution in [0.5, 0.6) is 0 Å². The predicted molar refractivity (Wildman–Crippen MR) is 89.9 cm³/mol. The van der Waals surface area contributed by atoms with Crippen LogP contribution in [0.4, 0.5) is 0 Å². The van der Waals surface area contributed by atoms with Crippen molar-refractivity contribution in [2.24, 2.45) is 11.1 Å². The molecule has 4 nitrogen and oxygen atoms in total. The summed E-state index contributed by atoms with van der Waals surface area (Å²) in [4.78, 5) is 19.5. The average Bonchev–Trinajstić information content (AvgIpc) is 2.46. The largest absolute Gasteiger partial charge is 0.392 e. The minimum Gasteiger partial charge on any atom is -0.392 e. The van der Waals surface area contributed by atoms with Crippen LogP contribution in [-0.4, -0.2) is 27.3 Å². The lowest BCUT2D eigenvalue weighted by molar-refractivity contribution is -0.139. The second kappa shape index (κ2) is 7.50. The van der Waals surface area contributed by atoms with Gasteiger partial charge >= 0.3 is 0 Å². The third-order valence-electron chi connectivity index (χ3n) is 4.06. The number of pyridine rings is 1. The Labute approximate surface area is 132 Å². The molecule has 0 aliphatic heterocycles. The van der Waals surface area contributed by atoms with E-state index in [4.69, 9.17) is 18.0 Å². The molecule has 0 fully saturated rings. The highest BCUT2D eigenvalue weighted by Crippen LogP contribution is 2.30. The summed E-state index contributed by atoms with van der Waals surface area (Å²) in [6.45, 7) is 8.92. The van der Waals surface area contributed by atoms with Crippen molar-refractivity contribution in [3.63, 3.8) is 0 Å². The molecule has 0 saturated carbocycles. The Morgan fingerprint density at radius 3 is 2.38 bits per heavy atom. The van der Waals surface area contributed by atoms with Gasteiger partial charge in [0.15, 0.2) is 0 Å². The lowest BCUT2D eigenvalue weighted by atomic mass is 9.80. The molecule has 0 aliphatic rings. The molecular weight excluding hydrogens is 282 g/mol. The maximum atomic E-state index is 12.9. The van der Waals surface area contributed by atoms with Gasteiger partial charge in [0.05, 0.1) is 22.6 Å². The van der Waals surface area contributed by atoms with Crippen LogP contribution in [0.1, 0.15) is 45.0 Å². The summed E-state index contributed by atoms with van der Waals surface area (Å²) in [6.07, 6.45) is 1.24. The highest BCUT2D eigenvalue weighted by molar-refractivity contribution is 7.80. The van der Waals surface area contributed by atoms with Crippen molar-refractivity contribution in [1.29, 1.82) is 0 Å². The number of nitrogens with two attached hydrogens (primary N) is 1. The minimum atomic E-state index is -0.741. The van der Waals surface area contributed by atoms with E-state index in [0.717, 1.165) is 11.4 Å². The van der Waals surface area contributed by atoms with E-state index in [0.29, 0.717) is 25.9 Å². The molecule has 0 unspecified atom stereocenters. The first kappa shape index (κ1) is 17.6. The van der Waals surface area contributed by atoms with Gasteiger partial charge in [-0.15, -0.1) is 0 Å². The van der Waals surface area contributed by atoms with Crippen LogP contribution >= 0.6 is 12.2 Å². The Bertz CT molecular complexity index is 512. The van der Waals surface area contributed by atoms with Gasteiger partial charge in [-0.05, 0) is 38.8 Å². The van der Waals surface area contributed by atoms with Crippen molar-refractivity contribution in [2.45, 2.75) is 47.1 Å². The van der Waals surface area contributed by atoms with Gasteiger partial charge in [0.2, 0.25) is 5.91 Å². The first-order chi connectivity index (χ1) is 9.91. The van der Waals surface area contributed by atoms with Crippen LogP contribution in [0, 0.1) is 12.3 Å². The van der Waals surface area contributed by atoms with Gasteiger partial charge in [-0.3, -0.25) is 9.78 Å². The van der Waals surface area contributed by atoms with Crippen molar-refractivity contribution < 1.29 is 4.79 Å². The smallest absolute Gasteiger partial charge is 0.235 e. The summed E-state index contributed by atoms with van der Waals surface area (Å²) < 4.78 is 0. The van der Waals surface area contributed by atoms with E-state index in [1.54, 1.807) is 4.90 Å². The molecule has 0 atom stereocenters. The van der Waals surface area contributed by atoms with Crippen LogP contribution in [0.3, 0.4) is 0 Å². The summed E-state index contributed by atoms with van der Waals surface area (Å²) in [6, 6.07) is 5.83. The van der Waals surface area contributed by atoms with E-state index in [-0.39, 0.29) is 10.9 Å². The first-order valence-electron chi connectivity index (χ1n) is 7.43. The fourth-order valence-corrected chi connectivity index (χ4v) is 2.90. The third kappa shape index (κ3) is 3.79. The molecule has 1 amide bonds. The Kier molecular flexibility index (Phi) is 6.27. The third-order valence-corrected chi connectivity index (χ3v) is 4.45. The van der Waals surface area contributed by atoms with E-state index in [1.807, 2.05) is 45.9 Å². The summed E-state index contributed by atoms with van der Waals surface area (Å²) in [7, 11) is 0. The van der Waals surface area contributed by atoms with E-state index in [9.17, 15) is 4.79 Å². The van der Waals surface area contributed by atoms with E-state index < -0.39 is 5.41 Å². The molecule has 1 aromatic heterocycles. The van der Waals surface area contributed by atoms with Crippen LogP contribution in [0.2, 0.25) is 0 Å². The molecule has 1 aromatic rings. The number of carbonyl (C=O) groups is 1. The van der Waals surface area contributed by atoms with Crippen molar-refractivity contribution in [3.8, 4) is 0 Å². The van der Waals surface area contributed by atoms with Crippen LogP contribution in [0.15, 0.2) is 18.2 Å². The lowest BCUT2D eigenvalue weighted by Crippen LogP contribution is -2.49. The predicted octanol–water partition coefficient (Wildman–Crippen LogP) is 2.83. The number of hydrogen-bond donors (Lipinski definition) is 1. The molecular formula is C16H25N3OS. The normalized spacial score (nSPS) is 11.2. The number of carbonyl (C=O) groups excluding carboxylic acids is 1. The molecule has 0 spiro atoms. The van der Waals surface area contributed by atoms with Crippen LogP contribution < -0.4 is 5.73 Å². The fraction of sp³-hybridized carbons (Fsp3) is 0.562. The topological polar surface area (TPSA) is 59.2 Å². The van der Waals surface area contributed by atoms with Gasteiger partial charge in [-0.2, -0.15) is 0 Å². The van der Waals surface area contributed by atoms with Gasteiger partial charge in [0.1, 0.15) is 0 Å². The maximum absolute atomic E-state index is 12.9. The zero-order valence-electron chi connectivity index (χ0n) is 13.3. The quantitative estimate of drug-likeness (QED) is 0.787. The lowest BCUT2D eigenvalue weighted by Gasteiger charge is -2.34. The average molecular weight is 307 g/mol. The zero-order valence-corrected chi connectivity index (χ0v) is 14.2. The zero-order chi connectivity index (χ0) is 16.0. The molecule has 0 aromatic carbocycles. The van der Waals surface area contributed by atoms with Gasteiger partial charge in [-0.25, -0.2) is 0 Å². The van der Waals surface area contributed by atoms with E-state index >= 15 is 0 Å². The van der Waals surface area contributed by atoms with Crippen molar-refractivity contribution in [3.05, 3.63) is 29.6 Å². The molecule has 1 rings (SSSR count). The second-order valence-electron chi connectivity index (χ2n) is 5.24. The Balaban J connectivity index is 3.03. The summed E-state index contributed by atoms with van der Waals surface area (Å²) >= 11 is 5.17.